The van der Waals surface area contributed by atoms with E-state index < -0.39 is 23.8 Å². The molecule has 1 aliphatic rings. The predicted octanol–water partition coefficient (Wildman–Crippen LogP) is 5.01. The van der Waals surface area contributed by atoms with Gasteiger partial charge in [0, 0.05) is 30.0 Å². The largest absolute Gasteiger partial charge is 0.390 e. The van der Waals surface area contributed by atoms with Crippen molar-refractivity contribution in [3.8, 4) is 0 Å². The molecule has 2 unspecified atom stereocenters. The lowest BCUT2D eigenvalue weighted by Gasteiger charge is -2.39. The summed E-state index contributed by atoms with van der Waals surface area (Å²) in [5.74, 6) is -1.17. The van der Waals surface area contributed by atoms with E-state index in [1.165, 1.54) is 35.9 Å². The topological polar surface area (TPSA) is 61.4 Å². The molecule has 7 heteroatoms. The Morgan fingerprint density at radius 2 is 1.78 bits per heavy atom. The molecule has 0 bridgehead atoms. The molecule has 1 aromatic carbocycles. The first-order valence-corrected chi connectivity index (χ1v) is 12.3. The second-order valence-corrected chi connectivity index (χ2v) is 10.2. The molecular weight excluding hydrogens is 430 g/mol. The number of aliphatic hydroxyl groups is 1. The maximum Gasteiger partial charge on any atom is 0.217 e. The fraction of sp³-hybridized carbons (Fsp3) is 0.560. The van der Waals surface area contributed by atoms with Crippen molar-refractivity contribution < 1.29 is 18.7 Å². The van der Waals surface area contributed by atoms with Gasteiger partial charge in [-0.3, -0.25) is 4.79 Å². The molecule has 0 aliphatic heterocycles. The average Bonchev–Trinajstić information content (AvgIpc) is 3.22. The molecule has 4 nitrogen and oxygen atoms in total. The molecule has 1 fully saturated rings. The Bertz CT molecular complexity index is 889. The first-order chi connectivity index (χ1) is 15.2. The normalized spacial score (nSPS) is 17.8. The summed E-state index contributed by atoms with van der Waals surface area (Å²) in [6, 6.07) is 4.91. The zero-order valence-corrected chi connectivity index (χ0v) is 19.9. The number of aliphatic hydroxyl groups excluding tert-OH is 1. The summed E-state index contributed by atoms with van der Waals surface area (Å²) in [7, 11) is 0. The molecule has 176 valence electrons. The van der Waals surface area contributed by atoms with Crippen LogP contribution >= 0.6 is 11.3 Å². The summed E-state index contributed by atoms with van der Waals surface area (Å²) in [6.07, 6.45) is 4.66. The quantitative estimate of drug-likeness (QED) is 0.489. The van der Waals surface area contributed by atoms with Gasteiger partial charge in [0.15, 0.2) is 0 Å². The smallest absolute Gasteiger partial charge is 0.217 e. The van der Waals surface area contributed by atoms with Gasteiger partial charge < -0.3 is 15.7 Å². The van der Waals surface area contributed by atoms with Crippen molar-refractivity contribution in [2.24, 2.45) is 0 Å². The van der Waals surface area contributed by atoms with Crippen LogP contribution in [-0.4, -0.2) is 29.7 Å². The van der Waals surface area contributed by atoms with Crippen LogP contribution in [0.1, 0.15) is 74.8 Å². The highest BCUT2D eigenvalue weighted by Crippen LogP contribution is 2.40. The maximum absolute atomic E-state index is 13.6. The molecule has 1 saturated carbocycles. The average molecular weight is 465 g/mol. The van der Waals surface area contributed by atoms with E-state index in [1.54, 1.807) is 11.3 Å². The number of hydrogen-bond acceptors (Lipinski definition) is 4. The lowest BCUT2D eigenvalue weighted by Crippen LogP contribution is -2.53. The number of benzene rings is 1. The van der Waals surface area contributed by atoms with Crippen LogP contribution in [0.5, 0.6) is 0 Å². The standard InChI is InChI=1S/C25H34F2N2O2S/c1-16(2)24-12-19(15-32-24)25(7-5-4-6-8-25)28-14-23(31)22(29-17(3)30)11-18-9-20(26)13-21(27)10-18/h9-10,12-13,15-16,22-23,28,31H,4-8,11,14H2,1-3H3,(H,29,30). The SMILES string of the molecule is CC(=O)NC(Cc1cc(F)cc(F)c1)C(O)CNC1(c2csc(C(C)C)c2)CCCCC1. The Kier molecular flexibility index (Phi) is 8.42. The van der Waals surface area contributed by atoms with Crippen molar-refractivity contribution in [3.63, 3.8) is 0 Å². The second-order valence-electron chi connectivity index (χ2n) is 9.27. The summed E-state index contributed by atoms with van der Waals surface area (Å²) < 4.78 is 27.3. The van der Waals surface area contributed by atoms with Crippen LogP contribution in [-0.2, 0) is 16.8 Å². The molecule has 2 atom stereocenters. The van der Waals surface area contributed by atoms with Gasteiger partial charge >= 0.3 is 0 Å². The Morgan fingerprint density at radius 3 is 2.34 bits per heavy atom. The monoisotopic (exact) mass is 464 g/mol. The minimum absolute atomic E-state index is 0.139. The van der Waals surface area contributed by atoms with Crippen molar-refractivity contribution in [1.82, 2.24) is 10.6 Å². The minimum Gasteiger partial charge on any atom is -0.390 e. The molecule has 1 aliphatic carbocycles. The van der Waals surface area contributed by atoms with Gasteiger partial charge in [-0.1, -0.05) is 33.1 Å². The zero-order chi connectivity index (χ0) is 23.3. The van der Waals surface area contributed by atoms with Gasteiger partial charge in [-0.15, -0.1) is 11.3 Å². The van der Waals surface area contributed by atoms with E-state index in [0.29, 0.717) is 11.5 Å². The third-order valence-electron chi connectivity index (χ3n) is 6.33. The van der Waals surface area contributed by atoms with E-state index in [4.69, 9.17) is 0 Å². The molecule has 2 aromatic rings. The third kappa shape index (κ3) is 6.36. The molecule has 1 heterocycles. The van der Waals surface area contributed by atoms with Crippen molar-refractivity contribution >= 4 is 17.2 Å². The Balaban J connectivity index is 1.75. The fourth-order valence-corrected chi connectivity index (χ4v) is 5.62. The first kappa shape index (κ1) is 24.8. The summed E-state index contributed by atoms with van der Waals surface area (Å²) in [5, 5.41) is 19.6. The Hall–Kier alpha value is -1.83. The van der Waals surface area contributed by atoms with Crippen LogP contribution in [0, 0.1) is 11.6 Å². The Morgan fingerprint density at radius 1 is 1.12 bits per heavy atom. The van der Waals surface area contributed by atoms with Gasteiger partial charge in [-0.2, -0.15) is 0 Å². The van der Waals surface area contributed by atoms with E-state index in [2.05, 4.69) is 35.9 Å². The molecule has 1 aromatic heterocycles. The molecule has 0 radical (unpaired) electrons. The molecular formula is C25H34F2N2O2S. The third-order valence-corrected chi connectivity index (χ3v) is 7.56. The first-order valence-electron chi connectivity index (χ1n) is 11.4. The van der Waals surface area contributed by atoms with Crippen LogP contribution in [0.25, 0.3) is 0 Å². The summed E-state index contributed by atoms with van der Waals surface area (Å²) in [5.41, 5.74) is 1.46. The van der Waals surface area contributed by atoms with Crippen LogP contribution in [0.4, 0.5) is 8.78 Å². The number of thiophene rings is 1. The van der Waals surface area contributed by atoms with E-state index in [9.17, 15) is 18.7 Å². The lowest BCUT2D eigenvalue weighted by molar-refractivity contribution is -0.120. The van der Waals surface area contributed by atoms with Crippen LogP contribution in [0.3, 0.4) is 0 Å². The van der Waals surface area contributed by atoms with Gasteiger partial charge in [0.2, 0.25) is 5.91 Å². The molecule has 0 saturated heterocycles. The van der Waals surface area contributed by atoms with Crippen LogP contribution in [0.15, 0.2) is 29.6 Å². The fourth-order valence-electron chi connectivity index (χ4n) is 4.60. The van der Waals surface area contributed by atoms with E-state index in [0.717, 1.165) is 31.7 Å². The summed E-state index contributed by atoms with van der Waals surface area (Å²) >= 11 is 1.77. The number of carbonyl (C=O) groups is 1. The van der Waals surface area contributed by atoms with Crippen LogP contribution < -0.4 is 10.6 Å². The van der Waals surface area contributed by atoms with Crippen molar-refractivity contribution in [2.45, 2.75) is 82.9 Å². The summed E-state index contributed by atoms with van der Waals surface area (Å²) in [4.78, 5) is 13.1. The minimum atomic E-state index is -0.910. The molecule has 0 spiro atoms. The highest BCUT2D eigenvalue weighted by molar-refractivity contribution is 7.10. The van der Waals surface area contributed by atoms with E-state index in [1.807, 2.05) is 0 Å². The van der Waals surface area contributed by atoms with Crippen molar-refractivity contribution in [3.05, 3.63) is 57.3 Å². The molecule has 1 amide bonds. The van der Waals surface area contributed by atoms with E-state index >= 15 is 0 Å². The maximum atomic E-state index is 13.6. The number of rotatable bonds is 9. The number of hydrogen-bond donors (Lipinski definition) is 3. The van der Waals surface area contributed by atoms with Gasteiger partial charge in [0.1, 0.15) is 11.6 Å². The van der Waals surface area contributed by atoms with Gasteiger partial charge in [-0.05, 0) is 59.9 Å². The zero-order valence-electron chi connectivity index (χ0n) is 19.1. The highest BCUT2D eigenvalue weighted by Gasteiger charge is 2.35. The molecule has 3 rings (SSSR count). The number of nitrogens with one attached hydrogen (secondary N) is 2. The number of carbonyl (C=O) groups excluding carboxylic acids is 1. The van der Waals surface area contributed by atoms with Gasteiger partial charge in [-0.25, -0.2) is 8.78 Å². The van der Waals surface area contributed by atoms with Gasteiger partial charge in [0.05, 0.1) is 12.1 Å². The number of halogens is 2. The Labute approximate surface area is 193 Å². The second kappa shape index (κ2) is 10.9. The lowest BCUT2D eigenvalue weighted by atomic mass is 9.77. The number of amides is 1. The summed E-state index contributed by atoms with van der Waals surface area (Å²) in [6.45, 7) is 6.03. The highest BCUT2D eigenvalue weighted by atomic mass is 32.1. The predicted molar refractivity (Wildman–Crippen MR) is 125 cm³/mol. The van der Waals surface area contributed by atoms with Crippen molar-refractivity contribution in [2.75, 3.05) is 6.54 Å². The van der Waals surface area contributed by atoms with Gasteiger partial charge in [0.25, 0.3) is 0 Å². The molecule has 3 N–H and O–H groups in total. The van der Waals surface area contributed by atoms with Crippen molar-refractivity contribution in [1.29, 1.82) is 0 Å². The van der Waals surface area contributed by atoms with Crippen LogP contribution in [0.2, 0.25) is 0 Å². The molecule has 32 heavy (non-hydrogen) atoms. The van der Waals surface area contributed by atoms with E-state index in [-0.39, 0.29) is 24.4 Å².